The molecule has 0 atom stereocenters. The van der Waals surface area contributed by atoms with E-state index in [-0.39, 0.29) is 59.7 Å². The number of rotatable bonds is 0. The van der Waals surface area contributed by atoms with Crippen LogP contribution in [0, 0.1) is 0 Å². The van der Waals surface area contributed by atoms with Gasteiger partial charge in [0.05, 0.1) is 0 Å². The quantitative estimate of drug-likeness (QED) is 0.226. The van der Waals surface area contributed by atoms with Crippen LogP contribution in [0.15, 0.2) is 24.0 Å². The average Bonchev–Trinajstić information content (AvgIpc) is 1.89. The molecule has 0 fully saturated rings. The summed E-state index contributed by atoms with van der Waals surface area (Å²) in [6.45, 7) is 0. The van der Waals surface area contributed by atoms with Gasteiger partial charge in [0.1, 0.15) is 11.6 Å². The second-order valence-corrected chi connectivity index (χ2v) is 1.33. The topological polar surface area (TPSA) is 156 Å². The second kappa shape index (κ2) is 17.0. The fourth-order valence-electron chi connectivity index (χ4n) is 0. The molecule has 0 aliphatic heterocycles. The molecule has 6 nitrogen and oxygen atoms in total. The van der Waals surface area contributed by atoms with Gasteiger partial charge in [0, 0.05) is 29.5 Å². The van der Waals surface area contributed by atoms with Crippen LogP contribution in [-0.4, -0.2) is 0 Å². The Balaban J connectivity index is -0.0000000267. The molecular formula is C4H15FeN6Na. The Morgan fingerprint density at radius 1 is 0.833 bits per heavy atom. The summed E-state index contributed by atoms with van der Waals surface area (Å²) >= 11 is 0. The van der Waals surface area contributed by atoms with E-state index < -0.39 is 0 Å². The molecule has 0 spiro atoms. The van der Waals surface area contributed by atoms with Gasteiger partial charge in [-0.3, -0.25) is 0 Å². The van der Waals surface area contributed by atoms with Crippen LogP contribution in [0.5, 0.6) is 0 Å². The fraction of sp³-hybridized carbons (Fsp3) is 0. The normalized spacial score (nSPS) is 5.33. The zero-order valence-electron chi connectivity index (χ0n) is 7.97. The SMILES string of the molecule is NC=C(N)N.NC=C(N)N.[Fe].[H-].[Na+]. The molecule has 0 heterocycles. The third kappa shape index (κ3) is 52.6. The fourth-order valence-corrected chi connectivity index (χ4v) is 0. The van der Waals surface area contributed by atoms with Crippen LogP contribution in [0.25, 0.3) is 0 Å². The maximum Gasteiger partial charge on any atom is 1.00 e. The van der Waals surface area contributed by atoms with Crippen LogP contribution in [0.3, 0.4) is 0 Å². The Kier molecular flexibility index (Phi) is 32.1. The first-order valence-corrected chi connectivity index (χ1v) is 2.40. The van der Waals surface area contributed by atoms with Crippen molar-refractivity contribution in [3.8, 4) is 0 Å². The molecule has 0 amide bonds. The summed E-state index contributed by atoms with van der Waals surface area (Å²) in [7, 11) is 0. The van der Waals surface area contributed by atoms with Gasteiger partial charge in [-0.25, -0.2) is 0 Å². The van der Waals surface area contributed by atoms with Crippen molar-refractivity contribution in [1.29, 1.82) is 0 Å². The van der Waals surface area contributed by atoms with Crippen molar-refractivity contribution in [2.45, 2.75) is 0 Å². The Hall–Kier alpha value is -0.201. The summed E-state index contributed by atoms with van der Waals surface area (Å²) in [5.74, 6) is 0.315. The molecule has 0 saturated heterocycles. The van der Waals surface area contributed by atoms with Crippen molar-refractivity contribution in [2.75, 3.05) is 0 Å². The zero-order chi connectivity index (χ0) is 8.57. The average molecular weight is 226 g/mol. The van der Waals surface area contributed by atoms with E-state index in [1.165, 1.54) is 0 Å². The minimum atomic E-state index is 0. The van der Waals surface area contributed by atoms with Crippen molar-refractivity contribution >= 4 is 0 Å². The minimum absolute atomic E-state index is 0. The van der Waals surface area contributed by atoms with Gasteiger partial charge in [-0.1, -0.05) is 0 Å². The number of hydrogen-bond donors (Lipinski definition) is 6. The van der Waals surface area contributed by atoms with Crippen molar-refractivity contribution < 1.29 is 48.1 Å². The molecule has 0 aliphatic carbocycles. The smallest absolute Gasteiger partial charge is 1.00 e. The Morgan fingerprint density at radius 3 is 0.917 bits per heavy atom. The molecule has 12 heavy (non-hydrogen) atoms. The van der Waals surface area contributed by atoms with Gasteiger partial charge in [-0.15, -0.1) is 0 Å². The largest absolute Gasteiger partial charge is 1.00 e. The molecule has 0 aromatic carbocycles. The predicted octanol–water partition coefficient (Wildman–Crippen LogP) is -5.56. The van der Waals surface area contributed by atoms with Crippen LogP contribution >= 0.6 is 0 Å². The molecule has 0 rings (SSSR count). The monoisotopic (exact) mass is 226 g/mol. The molecule has 0 aromatic rings. The molecule has 0 aliphatic rings. The third-order valence-electron chi connectivity index (χ3n) is 0.385. The first-order chi connectivity index (χ1) is 4.54. The Labute approximate surface area is 106 Å². The first-order valence-electron chi connectivity index (χ1n) is 2.40. The number of nitrogens with two attached hydrogens (primary N) is 6. The van der Waals surface area contributed by atoms with E-state index in [4.69, 9.17) is 34.4 Å². The van der Waals surface area contributed by atoms with Gasteiger partial charge in [0.2, 0.25) is 0 Å². The summed E-state index contributed by atoms with van der Waals surface area (Å²) in [4.78, 5) is 0. The van der Waals surface area contributed by atoms with Crippen molar-refractivity contribution in [2.24, 2.45) is 34.4 Å². The van der Waals surface area contributed by atoms with E-state index in [2.05, 4.69) is 0 Å². The standard InChI is InChI=1S/2C2H7N3.Fe.Na.H/c2*3-1-2(4)5;;;/h2*1H,3-5H2;;;/q;;;+1;-1. The molecule has 12 N–H and O–H groups in total. The first kappa shape index (κ1) is 22.6. The molecule has 0 aromatic heterocycles. The second-order valence-electron chi connectivity index (χ2n) is 1.33. The van der Waals surface area contributed by atoms with Gasteiger partial charge in [0.25, 0.3) is 0 Å². The minimum Gasteiger partial charge on any atom is -1.00 e. The molecular weight excluding hydrogens is 211 g/mol. The van der Waals surface area contributed by atoms with Gasteiger partial charge in [0.15, 0.2) is 0 Å². The van der Waals surface area contributed by atoms with Crippen LogP contribution in [-0.2, 0) is 17.1 Å². The predicted molar refractivity (Wildman–Crippen MR) is 42.4 cm³/mol. The molecule has 70 valence electrons. The Bertz CT molecular complexity index is 117. The van der Waals surface area contributed by atoms with Crippen LogP contribution in [0.1, 0.15) is 1.43 Å². The van der Waals surface area contributed by atoms with Crippen molar-refractivity contribution in [1.82, 2.24) is 0 Å². The zero-order valence-corrected chi connectivity index (χ0v) is 10.1. The summed E-state index contributed by atoms with van der Waals surface area (Å²) in [6.07, 6.45) is 2.28. The maximum atomic E-state index is 4.81. The van der Waals surface area contributed by atoms with Crippen molar-refractivity contribution in [3.05, 3.63) is 24.0 Å². The summed E-state index contributed by atoms with van der Waals surface area (Å²) < 4.78 is 0. The molecule has 8 heteroatoms. The van der Waals surface area contributed by atoms with Crippen LogP contribution < -0.4 is 64.0 Å². The van der Waals surface area contributed by atoms with Gasteiger partial charge in [-0.05, 0) is 0 Å². The van der Waals surface area contributed by atoms with E-state index >= 15 is 0 Å². The van der Waals surface area contributed by atoms with Gasteiger partial charge in [-0.2, -0.15) is 0 Å². The third-order valence-corrected chi connectivity index (χ3v) is 0.385. The van der Waals surface area contributed by atoms with Gasteiger partial charge < -0.3 is 35.8 Å². The maximum absolute atomic E-state index is 4.81. The molecule has 0 bridgehead atoms. The van der Waals surface area contributed by atoms with Crippen LogP contribution in [0.2, 0.25) is 0 Å². The summed E-state index contributed by atoms with van der Waals surface area (Å²) in [5.41, 5.74) is 28.7. The summed E-state index contributed by atoms with van der Waals surface area (Å²) in [6, 6.07) is 0. The Morgan fingerprint density at radius 2 is 0.917 bits per heavy atom. The van der Waals surface area contributed by atoms with E-state index in [1.54, 1.807) is 0 Å². The van der Waals surface area contributed by atoms with Crippen molar-refractivity contribution in [3.63, 3.8) is 0 Å². The van der Waals surface area contributed by atoms with E-state index in [0.717, 1.165) is 12.4 Å². The molecule has 0 radical (unpaired) electrons. The molecule has 0 unspecified atom stereocenters. The van der Waals surface area contributed by atoms with E-state index in [1.807, 2.05) is 0 Å². The summed E-state index contributed by atoms with van der Waals surface area (Å²) in [5, 5.41) is 0. The van der Waals surface area contributed by atoms with E-state index in [9.17, 15) is 0 Å². The van der Waals surface area contributed by atoms with Gasteiger partial charge >= 0.3 is 29.6 Å². The molecule has 0 saturated carbocycles. The number of hydrogen-bond acceptors (Lipinski definition) is 6. The van der Waals surface area contributed by atoms with E-state index in [0.29, 0.717) is 0 Å². The van der Waals surface area contributed by atoms with Crippen LogP contribution in [0.4, 0.5) is 0 Å².